The second kappa shape index (κ2) is 6.63. The number of halogens is 2. The minimum absolute atomic E-state index is 0.0277. The lowest BCUT2D eigenvalue weighted by atomic mass is 9.81. The van der Waals surface area contributed by atoms with Crippen molar-refractivity contribution in [1.29, 1.82) is 0 Å². The van der Waals surface area contributed by atoms with Gasteiger partial charge in [-0.05, 0) is 43.3 Å². The number of nitrogens with zero attached hydrogens (tertiary/aromatic N) is 3. The predicted octanol–water partition coefficient (Wildman–Crippen LogP) is 3.95. The Kier molecular flexibility index (Phi) is 4.75. The molecule has 2 heterocycles. The maximum atomic E-state index is 12.8. The van der Waals surface area contributed by atoms with Gasteiger partial charge in [0.25, 0.3) is 0 Å². The van der Waals surface area contributed by atoms with Gasteiger partial charge >= 0.3 is 0 Å². The lowest BCUT2D eigenvalue weighted by molar-refractivity contribution is 0.0194. The summed E-state index contributed by atoms with van der Waals surface area (Å²) < 4.78 is 25.5. The molecule has 1 saturated carbocycles. The monoisotopic (exact) mass is 340 g/mol. The molecule has 0 atom stereocenters. The Balaban J connectivity index is 1.47. The Hall–Kier alpha value is -1.37. The van der Waals surface area contributed by atoms with Crippen LogP contribution in [-0.4, -0.2) is 45.5 Å². The molecule has 0 unspecified atom stereocenters. The van der Waals surface area contributed by atoms with E-state index in [1.165, 1.54) is 0 Å². The van der Waals surface area contributed by atoms with Gasteiger partial charge in [0.1, 0.15) is 17.8 Å². The molecule has 0 radical (unpaired) electrons. The molecule has 4 nitrogen and oxygen atoms in total. The molecule has 1 aliphatic carbocycles. The molecule has 0 aromatic carbocycles. The molecule has 1 fully saturated rings. The molecule has 7 heteroatoms. The van der Waals surface area contributed by atoms with Gasteiger partial charge in [0.05, 0.1) is 5.39 Å². The molecule has 2 aromatic heterocycles. The second-order valence-corrected chi connectivity index (χ2v) is 7.58. The zero-order valence-electron chi connectivity index (χ0n) is 13.4. The minimum atomic E-state index is -2.54. The number of nitrogens with one attached hydrogen (secondary N) is 1. The van der Waals surface area contributed by atoms with Crippen LogP contribution in [0.1, 0.15) is 26.2 Å². The molecule has 1 aliphatic rings. The van der Waals surface area contributed by atoms with Crippen LogP contribution in [0, 0.1) is 5.92 Å². The van der Waals surface area contributed by atoms with E-state index in [1.807, 2.05) is 12.3 Å². The van der Waals surface area contributed by atoms with Crippen molar-refractivity contribution >= 4 is 28.6 Å². The van der Waals surface area contributed by atoms with Crippen molar-refractivity contribution in [3.63, 3.8) is 0 Å². The number of alkyl halides is 2. The lowest BCUT2D eigenvalue weighted by Gasteiger charge is -2.41. The van der Waals surface area contributed by atoms with Crippen molar-refractivity contribution in [1.82, 2.24) is 15.0 Å². The molecule has 23 heavy (non-hydrogen) atoms. The second-order valence-electron chi connectivity index (χ2n) is 6.43. The number of aromatic amines is 1. The molecule has 0 saturated heterocycles. The number of hydrogen-bond donors (Lipinski definition) is 1. The van der Waals surface area contributed by atoms with Crippen LogP contribution in [0.3, 0.4) is 0 Å². The van der Waals surface area contributed by atoms with E-state index < -0.39 is 5.92 Å². The summed E-state index contributed by atoms with van der Waals surface area (Å²) in [5.74, 6) is 0.559. The van der Waals surface area contributed by atoms with E-state index in [-0.39, 0.29) is 6.42 Å². The number of aromatic nitrogens is 3. The SMILES string of the molecule is CN(c1ncnc2[nH]ccc12)[C@H]1C[C@@H](CSCCC(C)(F)F)C1. The Labute approximate surface area is 139 Å². The van der Waals surface area contributed by atoms with Crippen LogP contribution in [0.25, 0.3) is 11.0 Å². The Morgan fingerprint density at radius 1 is 1.39 bits per heavy atom. The fraction of sp³-hybridized carbons (Fsp3) is 0.625. The van der Waals surface area contributed by atoms with Gasteiger partial charge in [0.2, 0.25) is 5.92 Å². The minimum Gasteiger partial charge on any atom is -0.356 e. The molecular weight excluding hydrogens is 318 g/mol. The first-order chi connectivity index (χ1) is 10.9. The highest BCUT2D eigenvalue weighted by atomic mass is 32.2. The Morgan fingerprint density at radius 3 is 2.91 bits per heavy atom. The van der Waals surface area contributed by atoms with Crippen LogP contribution >= 0.6 is 11.8 Å². The highest BCUT2D eigenvalue weighted by Gasteiger charge is 2.33. The standard InChI is InChI=1S/C16H22F2N4S/c1-16(17,18)4-6-23-9-11-7-12(8-11)22(2)15-13-3-5-19-14(13)20-10-21-15/h3,5,10-12H,4,6-9H2,1-2H3,(H,19,20,21)/t11-,12+. The third-order valence-electron chi connectivity index (χ3n) is 4.46. The van der Waals surface area contributed by atoms with E-state index in [9.17, 15) is 8.78 Å². The Morgan fingerprint density at radius 2 is 2.17 bits per heavy atom. The molecule has 0 aliphatic heterocycles. The van der Waals surface area contributed by atoms with E-state index >= 15 is 0 Å². The average Bonchev–Trinajstić information content (AvgIpc) is 2.91. The van der Waals surface area contributed by atoms with E-state index in [4.69, 9.17) is 0 Å². The molecule has 2 aromatic rings. The van der Waals surface area contributed by atoms with Crippen LogP contribution in [0.4, 0.5) is 14.6 Å². The van der Waals surface area contributed by atoms with Crippen molar-refractivity contribution in [2.24, 2.45) is 5.92 Å². The molecule has 0 spiro atoms. The van der Waals surface area contributed by atoms with Crippen LogP contribution in [0.5, 0.6) is 0 Å². The molecule has 1 N–H and O–H groups in total. The first-order valence-electron chi connectivity index (χ1n) is 7.90. The van der Waals surface area contributed by atoms with Gasteiger partial charge < -0.3 is 9.88 Å². The van der Waals surface area contributed by atoms with Crippen LogP contribution in [-0.2, 0) is 0 Å². The maximum absolute atomic E-state index is 12.8. The summed E-state index contributed by atoms with van der Waals surface area (Å²) in [4.78, 5) is 14.0. The third kappa shape index (κ3) is 3.94. The van der Waals surface area contributed by atoms with Gasteiger partial charge in [0, 0.05) is 25.7 Å². The van der Waals surface area contributed by atoms with Crippen LogP contribution < -0.4 is 4.90 Å². The predicted molar refractivity (Wildman–Crippen MR) is 91.4 cm³/mol. The maximum Gasteiger partial charge on any atom is 0.246 e. The first kappa shape index (κ1) is 16.5. The van der Waals surface area contributed by atoms with Gasteiger partial charge in [-0.15, -0.1) is 0 Å². The largest absolute Gasteiger partial charge is 0.356 e. The number of H-pyrrole nitrogens is 1. The van der Waals surface area contributed by atoms with Crippen LogP contribution in [0.15, 0.2) is 18.6 Å². The van der Waals surface area contributed by atoms with Crippen molar-refractivity contribution in [2.75, 3.05) is 23.5 Å². The summed E-state index contributed by atoms with van der Waals surface area (Å²) in [6, 6.07) is 2.47. The Bertz CT molecular complexity index is 649. The van der Waals surface area contributed by atoms with Gasteiger partial charge in [-0.3, -0.25) is 0 Å². The van der Waals surface area contributed by atoms with Gasteiger partial charge in [-0.25, -0.2) is 18.7 Å². The summed E-state index contributed by atoms with van der Waals surface area (Å²) in [5, 5.41) is 1.04. The van der Waals surface area contributed by atoms with Gasteiger partial charge in [-0.2, -0.15) is 11.8 Å². The zero-order valence-corrected chi connectivity index (χ0v) is 14.2. The van der Waals surface area contributed by atoms with E-state index in [0.29, 0.717) is 17.7 Å². The highest BCUT2D eigenvalue weighted by molar-refractivity contribution is 7.99. The van der Waals surface area contributed by atoms with Crippen molar-refractivity contribution < 1.29 is 8.78 Å². The average molecular weight is 340 g/mol. The number of hydrogen-bond acceptors (Lipinski definition) is 4. The number of rotatable bonds is 7. The van der Waals surface area contributed by atoms with Gasteiger partial charge in [0.15, 0.2) is 0 Å². The zero-order chi connectivity index (χ0) is 16.4. The fourth-order valence-electron chi connectivity index (χ4n) is 2.97. The lowest BCUT2D eigenvalue weighted by Crippen LogP contribution is -2.44. The number of thioether (sulfide) groups is 1. The van der Waals surface area contributed by atoms with Crippen molar-refractivity contribution in [2.45, 2.75) is 38.2 Å². The summed E-state index contributed by atoms with van der Waals surface area (Å²) in [6.07, 6.45) is 5.63. The third-order valence-corrected chi connectivity index (χ3v) is 5.66. The smallest absolute Gasteiger partial charge is 0.246 e. The number of fused-ring (bicyclic) bond motifs is 1. The van der Waals surface area contributed by atoms with Crippen molar-refractivity contribution in [3.8, 4) is 0 Å². The van der Waals surface area contributed by atoms with E-state index in [1.54, 1.807) is 18.1 Å². The van der Waals surface area contributed by atoms with Crippen molar-refractivity contribution in [3.05, 3.63) is 18.6 Å². The summed E-state index contributed by atoms with van der Waals surface area (Å²) in [7, 11) is 2.07. The quantitative estimate of drug-likeness (QED) is 0.775. The van der Waals surface area contributed by atoms with Gasteiger partial charge in [-0.1, -0.05) is 0 Å². The van der Waals surface area contributed by atoms with Crippen LogP contribution in [0.2, 0.25) is 0 Å². The van der Waals surface area contributed by atoms with E-state index in [0.717, 1.165) is 42.4 Å². The molecule has 126 valence electrons. The normalized spacial score (nSPS) is 21.4. The molecule has 0 amide bonds. The fourth-order valence-corrected chi connectivity index (χ4v) is 4.24. The van der Waals surface area contributed by atoms with E-state index in [2.05, 4.69) is 26.9 Å². The number of anilines is 1. The highest BCUT2D eigenvalue weighted by Crippen LogP contribution is 2.37. The summed E-state index contributed by atoms with van der Waals surface area (Å²) in [5.41, 5.74) is 0.855. The molecule has 3 rings (SSSR count). The summed E-state index contributed by atoms with van der Waals surface area (Å²) in [6.45, 7) is 0.991. The topological polar surface area (TPSA) is 44.8 Å². The molecular formula is C16H22F2N4S. The summed E-state index contributed by atoms with van der Waals surface area (Å²) >= 11 is 1.65. The first-order valence-corrected chi connectivity index (χ1v) is 9.06. The molecule has 0 bridgehead atoms.